The molecule has 0 N–H and O–H groups in total. The fourth-order valence-electron chi connectivity index (χ4n) is 5.67. The van der Waals surface area contributed by atoms with E-state index in [4.69, 9.17) is 4.74 Å². The molecule has 3 atom stereocenters. The predicted molar refractivity (Wildman–Crippen MR) is 124 cm³/mol. The molecule has 1 unspecified atom stereocenters. The zero-order chi connectivity index (χ0) is 22.1. The van der Waals surface area contributed by atoms with Gasteiger partial charge >= 0.3 is 6.09 Å². The van der Waals surface area contributed by atoms with Gasteiger partial charge in [-0.3, -0.25) is 4.90 Å². The van der Waals surface area contributed by atoms with E-state index in [0.29, 0.717) is 12.5 Å². The van der Waals surface area contributed by atoms with Crippen LogP contribution >= 0.6 is 0 Å². The van der Waals surface area contributed by atoms with Gasteiger partial charge < -0.3 is 4.74 Å². The van der Waals surface area contributed by atoms with Gasteiger partial charge in [0.05, 0.1) is 5.52 Å². The van der Waals surface area contributed by atoms with Gasteiger partial charge in [-0.25, -0.2) is 9.48 Å². The van der Waals surface area contributed by atoms with Crippen LogP contribution in [0, 0.1) is 5.92 Å². The highest BCUT2D eigenvalue weighted by molar-refractivity contribution is 5.74. The van der Waals surface area contributed by atoms with Gasteiger partial charge in [-0.05, 0) is 55.2 Å². The van der Waals surface area contributed by atoms with Gasteiger partial charge in [-0.1, -0.05) is 67.9 Å². The second kappa shape index (κ2) is 8.57. The van der Waals surface area contributed by atoms with Gasteiger partial charge in [0.1, 0.15) is 17.8 Å². The lowest BCUT2D eigenvalue weighted by Crippen LogP contribution is -2.44. The molecule has 3 aromatic rings. The molecule has 1 aromatic heterocycles. The van der Waals surface area contributed by atoms with Crippen molar-refractivity contribution in [3.8, 4) is 0 Å². The second-order valence-electron chi connectivity index (χ2n) is 9.74. The topological polar surface area (TPSA) is 60.2 Å². The summed E-state index contributed by atoms with van der Waals surface area (Å²) >= 11 is 0. The Morgan fingerprint density at radius 1 is 0.969 bits per heavy atom. The van der Waals surface area contributed by atoms with E-state index < -0.39 is 0 Å². The summed E-state index contributed by atoms with van der Waals surface area (Å²) in [5.41, 5.74) is 3.06. The Morgan fingerprint density at radius 2 is 1.72 bits per heavy atom. The van der Waals surface area contributed by atoms with Crippen LogP contribution in [0.4, 0.5) is 4.79 Å². The van der Waals surface area contributed by atoms with Crippen LogP contribution in [0.3, 0.4) is 0 Å². The summed E-state index contributed by atoms with van der Waals surface area (Å²) in [4.78, 5) is 15.3. The summed E-state index contributed by atoms with van der Waals surface area (Å²) in [5, 5.41) is 8.65. The summed E-state index contributed by atoms with van der Waals surface area (Å²) in [5.74, 6) is 0.302. The van der Waals surface area contributed by atoms with Crippen molar-refractivity contribution in [2.75, 3.05) is 6.54 Å². The molecule has 6 nitrogen and oxygen atoms in total. The highest BCUT2D eigenvalue weighted by Gasteiger charge is 2.42. The molecule has 1 aliphatic heterocycles. The molecule has 5 rings (SSSR count). The van der Waals surface area contributed by atoms with Crippen molar-refractivity contribution < 1.29 is 9.53 Å². The van der Waals surface area contributed by atoms with Crippen molar-refractivity contribution in [2.45, 2.75) is 70.1 Å². The van der Waals surface area contributed by atoms with Crippen molar-refractivity contribution in [3.05, 3.63) is 60.2 Å². The molecule has 0 spiro atoms. The molecule has 2 fully saturated rings. The second-order valence-corrected chi connectivity index (χ2v) is 9.74. The summed E-state index contributed by atoms with van der Waals surface area (Å²) < 4.78 is 8.15. The first-order chi connectivity index (χ1) is 15.6. The van der Waals surface area contributed by atoms with E-state index in [0.717, 1.165) is 43.1 Å². The largest absolute Gasteiger partial charge is 0.446 e. The predicted octanol–water partition coefficient (Wildman–Crippen LogP) is 5.70. The van der Waals surface area contributed by atoms with Crippen LogP contribution in [0.1, 0.15) is 64.1 Å². The maximum atomic E-state index is 13.4. The number of nitrogens with zero attached hydrogens (tertiary/aromatic N) is 4. The number of hydrogen-bond donors (Lipinski definition) is 0. The number of carbonyl (C=O) groups excluding carboxylic acids is 1. The maximum absolute atomic E-state index is 13.4. The maximum Gasteiger partial charge on any atom is 0.411 e. The lowest BCUT2D eigenvalue weighted by Gasteiger charge is -2.42. The van der Waals surface area contributed by atoms with Gasteiger partial charge in [0, 0.05) is 12.5 Å². The van der Waals surface area contributed by atoms with Crippen LogP contribution in [-0.2, 0) is 10.2 Å². The van der Waals surface area contributed by atoms with Crippen LogP contribution in [0.15, 0.2) is 54.6 Å². The van der Waals surface area contributed by atoms with Crippen LogP contribution in [-0.4, -0.2) is 38.6 Å². The fraction of sp³-hybridized carbons (Fsp3) is 0.500. The summed E-state index contributed by atoms with van der Waals surface area (Å²) in [6, 6.07) is 18.5. The van der Waals surface area contributed by atoms with Gasteiger partial charge in [0.25, 0.3) is 0 Å². The van der Waals surface area contributed by atoms with Crippen molar-refractivity contribution in [1.29, 1.82) is 0 Å². The molecule has 1 saturated carbocycles. The smallest absolute Gasteiger partial charge is 0.411 e. The number of amides is 1. The molecule has 2 aromatic carbocycles. The summed E-state index contributed by atoms with van der Waals surface area (Å²) in [7, 11) is 0. The zero-order valence-corrected chi connectivity index (χ0v) is 19.0. The van der Waals surface area contributed by atoms with E-state index in [1.165, 1.54) is 12.0 Å². The minimum absolute atomic E-state index is 0.0564. The van der Waals surface area contributed by atoms with Crippen LogP contribution in [0.5, 0.6) is 0 Å². The lowest BCUT2D eigenvalue weighted by molar-refractivity contribution is -0.0122. The Balaban J connectivity index is 1.36. The molecule has 2 aliphatic rings. The van der Waals surface area contributed by atoms with E-state index in [1.807, 2.05) is 33.8 Å². The van der Waals surface area contributed by atoms with Crippen molar-refractivity contribution in [1.82, 2.24) is 19.9 Å². The van der Waals surface area contributed by atoms with Crippen molar-refractivity contribution >= 4 is 17.1 Å². The quantitative estimate of drug-likeness (QED) is 0.531. The number of hydrogen-bond acceptors (Lipinski definition) is 4. The highest BCUT2D eigenvalue weighted by atomic mass is 16.6. The van der Waals surface area contributed by atoms with E-state index in [-0.39, 0.29) is 23.8 Å². The van der Waals surface area contributed by atoms with Crippen molar-refractivity contribution in [2.24, 2.45) is 5.92 Å². The first kappa shape index (κ1) is 21.0. The minimum Gasteiger partial charge on any atom is -0.446 e. The molecule has 0 bridgehead atoms. The molecule has 32 heavy (non-hydrogen) atoms. The van der Waals surface area contributed by atoms with E-state index in [1.54, 1.807) is 0 Å². The number of likely N-dealkylation sites (tertiary alicyclic amines) is 1. The average molecular weight is 433 g/mol. The molecule has 2 heterocycles. The third-order valence-electron chi connectivity index (χ3n) is 7.51. The number of para-hydroxylation sites is 1. The Kier molecular flexibility index (Phi) is 5.62. The Labute approximate surface area is 189 Å². The molecular formula is C26H32N4O2. The van der Waals surface area contributed by atoms with Gasteiger partial charge in [0.15, 0.2) is 0 Å². The molecule has 1 saturated heterocycles. The number of aromatic nitrogens is 3. The van der Waals surface area contributed by atoms with Gasteiger partial charge in [-0.2, -0.15) is 0 Å². The number of fused-ring (bicyclic) bond motifs is 1. The zero-order valence-electron chi connectivity index (χ0n) is 19.0. The third-order valence-corrected chi connectivity index (χ3v) is 7.51. The van der Waals surface area contributed by atoms with Crippen LogP contribution in [0.2, 0.25) is 0 Å². The summed E-state index contributed by atoms with van der Waals surface area (Å²) in [6.07, 6.45) is 5.69. The fourth-order valence-corrected chi connectivity index (χ4v) is 5.67. The van der Waals surface area contributed by atoms with E-state index >= 15 is 0 Å². The monoisotopic (exact) mass is 432 g/mol. The standard InChI is InChI=1S/C26H32N4O2/c1-26(2,19-11-4-3-5-12-19)20-13-6-9-16-23(20)32-25(31)29-18-10-17-24(29)30-22-15-8-7-14-21(22)27-28-30/h3-5,7-8,11-12,14-15,20,23-24H,6,9-10,13,16-18H2,1-2H3/t20-,23-,24?/m1/s1. The Morgan fingerprint density at radius 3 is 2.56 bits per heavy atom. The Bertz CT molecular complexity index is 1080. The van der Waals surface area contributed by atoms with Crippen LogP contribution in [0.25, 0.3) is 11.0 Å². The molecule has 168 valence electrons. The SMILES string of the molecule is CC(C)(c1ccccc1)[C@@H]1CCCC[C@H]1OC(=O)N1CCCC1n1nnc2ccccc21. The minimum atomic E-state index is -0.215. The lowest BCUT2D eigenvalue weighted by atomic mass is 9.66. The summed E-state index contributed by atoms with van der Waals surface area (Å²) in [6.45, 7) is 5.27. The third kappa shape index (κ3) is 3.76. The van der Waals surface area contributed by atoms with Crippen LogP contribution < -0.4 is 0 Å². The molecule has 1 amide bonds. The Hall–Kier alpha value is -2.89. The molecule has 6 heteroatoms. The number of benzene rings is 2. The normalized spacial score (nSPS) is 24.1. The van der Waals surface area contributed by atoms with Gasteiger partial charge in [0.2, 0.25) is 0 Å². The molecular weight excluding hydrogens is 400 g/mol. The van der Waals surface area contributed by atoms with Gasteiger partial charge in [-0.15, -0.1) is 5.10 Å². The number of rotatable bonds is 4. The first-order valence-electron chi connectivity index (χ1n) is 11.9. The molecule has 0 radical (unpaired) electrons. The van der Waals surface area contributed by atoms with Crippen molar-refractivity contribution in [3.63, 3.8) is 0 Å². The number of carbonyl (C=O) groups is 1. The average Bonchev–Trinajstić information content (AvgIpc) is 3.47. The number of ether oxygens (including phenoxy) is 1. The van der Waals surface area contributed by atoms with E-state index in [9.17, 15) is 4.79 Å². The first-order valence-corrected chi connectivity index (χ1v) is 11.9. The van der Waals surface area contributed by atoms with E-state index in [2.05, 4.69) is 54.5 Å². The molecule has 1 aliphatic carbocycles. The highest BCUT2D eigenvalue weighted by Crippen LogP contribution is 2.42.